The van der Waals surface area contributed by atoms with E-state index in [2.05, 4.69) is 61.5 Å². The van der Waals surface area contributed by atoms with Crippen molar-refractivity contribution in [2.24, 2.45) is 56.7 Å². The molecule has 196 valence electrons. The van der Waals surface area contributed by atoms with E-state index in [0.29, 0.717) is 29.0 Å². The molecule has 0 heterocycles. The highest BCUT2D eigenvalue weighted by Crippen LogP contribution is 2.75. The molecule has 0 saturated heterocycles. The van der Waals surface area contributed by atoms with Crippen molar-refractivity contribution in [2.45, 2.75) is 120 Å². The number of rotatable bonds is 1. The quantitative estimate of drug-likeness (QED) is 0.358. The average molecular weight is 483 g/mol. The number of hydrogen-bond donors (Lipinski definition) is 0. The molecule has 0 aromatic rings. The molecule has 0 radical (unpaired) electrons. The largest absolute Gasteiger partial charge is 0.462 e. The Morgan fingerprint density at radius 2 is 1.60 bits per heavy atom. The second kappa shape index (κ2) is 7.70. The van der Waals surface area contributed by atoms with Gasteiger partial charge in [0.2, 0.25) is 0 Å². The van der Waals surface area contributed by atoms with E-state index in [9.17, 15) is 9.59 Å². The van der Waals surface area contributed by atoms with Gasteiger partial charge in [0.1, 0.15) is 6.10 Å². The minimum absolute atomic E-state index is 0.00843. The van der Waals surface area contributed by atoms with E-state index >= 15 is 0 Å². The summed E-state index contributed by atoms with van der Waals surface area (Å²) >= 11 is 0. The average Bonchev–Trinajstić information content (AvgIpc) is 2.74. The fraction of sp³-hybridized carbons (Fsp3) is 0.875. The van der Waals surface area contributed by atoms with Crippen LogP contribution in [0.3, 0.4) is 0 Å². The van der Waals surface area contributed by atoms with Gasteiger partial charge in [0.15, 0.2) is 5.78 Å². The normalized spacial score (nSPS) is 52.8. The van der Waals surface area contributed by atoms with Crippen LogP contribution in [0.5, 0.6) is 0 Å². The highest BCUT2D eigenvalue weighted by atomic mass is 16.5. The maximum Gasteiger partial charge on any atom is 0.302 e. The van der Waals surface area contributed by atoms with Gasteiger partial charge in [-0.2, -0.15) is 0 Å². The van der Waals surface area contributed by atoms with Crippen LogP contribution in [-0.4, -0.2) is 17.9 Å². The first-order valence-electron chi connectivity index (χ1n) is 14.5. The first kappa shape index (κ1) is 25.5. The Morgan fingerprint density at radius 1 is 0.914 bits per heavy atom. The van der Waals surface area contributed by atoms with Crippen molar-refractivity contribution < 1.29 is 14.3 Å². The lowest BCUT2D eigenvalue weighted by atomic mass is 9.33. The number of carbonyl (C=O) groups is 2. The summed E-state index contributed by atoms with van der Waals surface area (Å²) in [5, 5.41) is 0. The molecular weight excluding hydrogens is 432 g/mol. The third kappa shape index (κ3) is 3.21. The van der Waals surface area contributed by atoms with E-state index in [1.54, 1.807) is 0 Å². The number of hydrogen-bond acceptors (Lipinski definition) is 3. The van der Waals surface area contributed by atoms with E-state index in [0.717, 1.165) is 31.6 Å². The number of carbonyl (C=O) groups excluding carboxylic acids is 2. The van der Waals surface area contributed by atoms with E-state index in [1.807, 2.05) is 0 Å². The molecule has 0 amide bonds. The second-order valence-electron chi connectivity index (χ2n) is 15.2. The first-order valence-corrected chi connectivity index (χ1v) is 14.5. The molecule has 5 aliphatic carbocycles. The summed E-state index contributed by atoms with van der Waals surface area (Å²) < 4.78 is 5.85. The molecule has 0 aliphatic heterocycles. The molecule has 4 fully saturated rings. The minimum Gasteiger partial charge on any atom is -0.462 e. The standard InChI is InChI=1S/C32H50O3/c1-19-10-13-29(6)16-17-31(8)22(26(29)20(19)2)18-23(34)27-30(7)14-12-25(35-21(3)33)28(4,5)24(30)11-15-32(27,31)9/h18-20,24-27H,10-17H2,1-9H3/t19-,20+,24?,25+,26+,27-,29-,30+,31-,32-/m1/s1. The number of allylic oxidation sites excluding steroid dienone is 2. The Hall–Kier alpha value is -1.12. The zero-order chi connectivity index (χ0) is 25.8. The summed E-state index contributed by atoms with van der Waals surface area (Å²) in [6, 6.07) is 0. The van der Waals surface area contributed by atoms with Gasteiger partial charge in [-0.25, -0.2) is 0 Å². The van der Waals surface area contributed by atoms with Gasteiger partial charge >= 0.3 is 5.97 Å². The van der Waals surface area contributed by atoms with Crippen LogP contribution in [0.15, 0.2) is 11.6 Å². The van der Waals surface area contributed by atoms with Gasteiger partial charge in [-0.3, -0.25) is 9.59 Å². The minimum atomic E-state index is -0.178. The third-order valence-electron chi connectivity index (χ3n) is 13.4. The highest BCUT2D eigenvalue weighted by Gasteiger charge is 2.70. The van der Waals surface area contributed by atoms with Crippen LogP contribution in [0, 0.1) is 56.7 Å². The van der Waals surface area contributed by atoms with Crippen molar-refractivity contribution in [3.05, 3.63) is 11.6 Å². The zero-order valence-electron chi connectivity index (χ0n) is 23.9. The summed E-state index contributed by atoms with van der Waals surface area (Å²) in [5.41, 5.74) is 1.76. The molecule has 35 heavy (non-hydrogen) atoms. The maximum absolute atomic E-state index is 14.4. The number of ether oxygens (including phenoxy) is 1. The molecule has 0 spiro atoms. The predicted molar refractivity (Wildman–Crippen MR) is 141 cm³/mol. The molecule has 3 nitrogen and oxygen atoms in total. The zero-order valence-corrected chi connectivity index (χ0v) is 23.9. The Balaban J connectivity index is 1.59. The smallest absolute Gasteiger partial charge is 0.302 e. The van der Waals surface area contributed by atoms with Crippen molar-refractivity contribution in [1.29, 1.82) is 0 Å². The van der Waals surface area contributed by atoms with Crippen LogP contribution in [-0.2, 0) is 14.3 Å². The Bertz CT molecular complexity index is 962. The maximum atomic E-state index is 14.4. The lowest BCUT2D eigenvalue weighted by Gasteiger charge is -2.70. The summed E-state index contributed by atoms with van der Waals surface area (Å²) in [4.78, 5) is 26.2. The Morgan fingerprint density at radius 3 is 2.26 bits per heavy atom. The van der Waals surface area contributed by atoms with Crippen molar-refractivity contribution in [3.8, 4) is 0 Å². The van der Waals surface area contributed by atoms with Crippen LogP contribution in [0.2, 0.25) is 0 Å². The number of fused-ring (bicyclic) bond motifs is 7. The summed E-state index contributed by atoms with van der Waals surface area (Å²) in [6.07, 6.45) is 11.3. The molecule has 5 aliphatic rings. The van der Waals surface area contributed by atoms with Crippen LogP contribution < -0.4 is 0 Å². The highest BCUT2D eigenvalue weighted by molar-refractivity contribution is 5.95. The molecule has 0 N–H and O–H groups in total. The van der Waals surface area contributed by atoms with Crippen molar-refractivity contribution in [1.82, 2.24) is 0 Å². The molecule has 0 bridgehead atoms. The van der Waals surface area contributed by atoms with Gasteiger partial charge in [-0.05, 0) is 103 Å². The second-order valence-corrected chi connectivity index (χ2v) is 15.2. The lowest BCUT2D eigenvalue weighted by molar-refractivity contribution is -0.210. The van der Waals surface area contributed by atoms with E-state index in [-0.39, 0.29) is 39.7 Å². The van der Waals surface area contributed by atoms with Gasteiger partial charge in [-0.15, -0.1) is 0 Å². The molecule has 4 saturated carbocycles. The van der Waals surface area contributed by atoms with Crippen LogP contribution in [0.4, 0.5) is 0 Å². The lowest BCUT2D eigenvalue weighted by Crippen LogP contribution is -2.67. The van der Waals surface area contributed by atoms with Gasteiger partial charge in [0.25, 0.3) is 0 Å². The fourth-order valence-electron chi connectivity index (χ4n) is 11.1. The summed E-state index contributed by atoms with van der Waals surface area (Å²) in [5.74, 6) is 2.57. The third-order valence-corrected chi connectivity index (χ3v) is 13.4. The number of ketones is 1. The van der Waals surface area contributed by atoms with Crippen molar-refractivity contribution >= 4 is 11.8 Å². The summed E-state index contributed by atoms with van der Waals surface area (Å²) in [6.45, 7) is 21.0. The molecular formula is C32H50O3. The number of esters is 1. The van der Waals surface area contributed by atoms with Gasteiger partial charge in [-0.1, -0.05) is 61.0 Å². The monoisotopic (exact) mass is 482 g/mol. The van der Waals surface area contributed by atoms with Crippen LogP contribution >= 0.6 is 0 Å². The molecule has 5 rings (SSSR count). The molecule has 1 unspecified atom stereocenters. The SMILES string of the molecule is CC(=O)O[C@H]1CC[C@@]2(C)C(CC[C@]3(C)[C@@H]2C(=O)C=C2[C@@H]4[C@@H](C)[C@H](C)CC[C@]4(C)CC[C@]23C)C1(C)C. The van der Waals surface area contributed by atoms with Gasteiger partial charge in [0.05, 0.1) is 0 Å². The Labute approximate surface area is 214 Å². The van der Waals surface area contributed by atoms with E-state index in [1.165, 1.54) is 38.2 Å². The van der Waals surface area contributed by atoms with Crippen molar-refractivity contribution in [2.75, 3.05) is 0 Å². The fourth-order valence-corrected chi connectivity index (χ4v) is 11.1. The van der Waals surface area contributed by atoms with Crippen LogP contribution in [0.1, 0.15) is 114 Å². The topological polar surface area (TPSA) is 43.4 Å². The molecule has 10 atom stereocenters. The predicted octanol–water partition coefficient (Wildman–Crippen LogP) is 7.77. The first-order chi connectivity index (χ1) is 16.1. The van der Waals surface area contributed by atoms with Gasteiger partial charge < -0.3 is 4.74 Å². The van der Waals surface area contributed by atoms with E-state index < -0.39 is 0 Å². The molecule has 0 aromatic heterocycles. The van der Waals surface area contributed by atoms with Crippen molar-refractivity contribution in [3.63, 3.8) is 0 Å². The van der Waals surface area contributed by atoms with E-state index in [4.69, 9.17) is 4.74 Å². The van der Waals surface area contributed by atoms with Crippen LogP contribution in [0.25, 0.3) is 0 Å². The Kier molecular flexibility index (Phi) is 5.62. The summed E-state index contributed by atoms with van der Waals surface area (Å²) in [7, 11) is 0. The molecule has 3 heteroatoms. The van der Waals surface area contributed by atoms with Gasteiger partial charge in [0, 0.05) is 18.3 Å². The molecule has 0 aromatic carbocycles.